The fraction of sp³-hybridized carbons (Fsp3) is 0.0833. The molecule has 7 heteroatoms. The molecule has 0 amide bonds. The van der Waals surface area contributed by atoms with Crippen LogP contribution in [0.5, 0.6) is 0 Å². The molecule has 3 N–H and O–H groups in total. The first-order valence-corrected chi connectivity index (χ1v) is 6.77. The lowest BCUT2D eigenvalue weighted by Gasteiger charge is -2.11. The number of nitrogens with one attached hydrogen (secondary N) is 1. The van der Waals surface area contributed by atoms with E-state index >= 15 is 0 Å². The highest BCUT2D eigenvalue weighted by atomic mass is 79.9. The number of benzene rings is 1. The molecule has 3 nitrogen and oxygen atoms in total. The Labute approximate surface area is 128 Å². The topological polar surface area (TPSA) is 50.9 Å². The Morgan fingerprint density at radius 3 is 2.47 bits per heavy atom. The molecule has 0 aliphatic rings. The summed E-state index contributed by atoms with van der Waals surface area (Å²) in [6.07, 6.45) is 1.54. The van der Waals surface area contributed by atoms with Gasteiger partial charge in [0, 0.05) is 5.69 Å². The molecule has 0 fully saturated rings. The second-order valence-corrected chi connectivity index (χ2v) is 5.49. The summed E-state index contributed by atoms with van der Waals surface area (Å²) in [4.78, 5) is 4.15. The van der Waals surface area contributed by atoms with Gasteiger partial charge in [-0.3, -0.25) is 0 Å². The maximum Gasteiger partial charge on any atom is 0.160 e. The van der Waals surface area contributed by atoms with E-state index in [1.54, 1.807) is 0 Å². The van der Waals surface area contributed by atoms with Gasteiger partial charge in [-0.1, -0.05) is 23.2 Å². The van der Waals surface area contributed by atoms with E-state index in [-0.39, 0.29) is 10.0 Å². The minimum Gasteiger partial charge on any atom is -0.397 e. The Balaban J connectivity index is 2.39. The minimum absolute atomic E-state index is 0.0571. The predicted octanol–water partition coefficient (Wildman–Crippen LogP) is 4.92. The molecule has 0 atom stereocenters. The number of anilines is 3. The fourth-order valence-corrected chi connectivity index (χ4v) is 2.36. The van der Waals surface area contributed by atoms with Crippen LogP contribution in [-0.4, -0.2) is 4.98 Å². The lowest BCUT2D eigenvalue weighted by Crippen LogP contribution is -2.00. The maximum absolute atomic E-state index is 13.3. The standard InChI is InChI=1S/C12H9BrCl2FN3/c1-5-9(17)4-18-12(10(5)13)19-6-2-7(14)11(16)8(15)3-6/h2-4H,17H2,1H3,(H,18,19). The Morgan fingerprint density at radius 1 is 1.32 bits per heavy atom. The van der Waals surface area contributed by atoms with Crippen LogP contribution in [0.15, 0.2) is 22.8 Å². The van der Waals surface area contributed by atoms with Gasteiger partial charge in [0.15, 0.2) is 5.82 Å². The van der Waals surface area contributed by atoms with Crippen LogP contribution in [0, 0.1) is 12.7 Å². The van der Waals surface area contributed by atoms with Gasteiger partial charge in [0.05, 0.1) is 26.4 Å². The molecule has 0 radical (unpaired) electrons. The molecule has 100 valence electrons. The van der Waals surface area contributed by atoms with E-state index in [2.05, 4.69) is 26.2 Å². The number of hydrogen-bond acceptors (Lipinski definition) is 3. The van der Waals surface area contributed by atoms with Gasteiger partial charge in [-0.05, 0) is 40.5 Å². The van der Waals surface area contributed by atoms with E-state index < -0.39 is 5.82 Å². The first-order chi connectivity index (χ1) is 8.90. The van der Waals surface area contributed by atoms with Crippen molar-refractivity contribution in [1.82, 2.24) is 4.98 Å². The Hall–Kier alpha value is -1.04. The van der Waals surface area contributed by atoms with Gasteiger partial charge in [-0.25, -0.2) is 9.37 Å². The van der Waals surface area contributed by atoms with Crippen LogP contribution < -0.4 is 11.1 Å². The second kappa shape index (κ2) is 5.53. The molecule has 1 heterocycles. The third-order valence-corrected chi connectivity index (χ3v) is 4.07. The number of nitrogens with two attached hydrogens (primary N) is 1. The molecule has 19 heavy (non-hydrogen) atoms. The summed E-state index contributed by atoms with van der Waals surface area (Å²) in [6, 6.07) is 2.87. The van der Waals surface area contributed by atoms with Crippen molar-refractivity contribution in [3.05, 3.63) is 44.2 Å². The van der Waals surface area contributed by atoms with Crippen molar-refractivity contribution in [3.63, 3.8) is 0 Å². The summed E-state index contributed by atoms with van der Waals surface area (Å²) in [5, 5.41) is 2.89. The van der Waals surface area contributed by atoms with E-state index in [9.17, 15) is 4.39 Å². The van der Waals surface area contributed by atoms with Crippen LogP contribution >= 0.6 is 39.1 Å². The molecule has 0 spiro atoms. The highest BCUT2D eigenvalue weighted by Crippen LogP contribution is 2.33. The third-order valence-electron chi connectivity index (χ3n) is 2.55. The molecule has 1 aromatic carbocycles. The minimum atomic E-state index is -0.644. The van der Waals surface area contributed by atoms with Crippen molar-refractivity contribution in [3.8, 4) is 0 Å². The number of halogens is 4. The van der Waals surface area contributed by atoms with Crippen molar-refractivity contribution in [2.24, 2.45) is 0 Å². The molecular weight excluding hydrogens is 356 g/mol. The van der Waals surface area contributed by atoms with E-state index in [4.69, 9.17) is 28.9 Å². The molecule has 0 bridgehead atoms. The normalized spacial score (nSPS) is 10.6. The molecule has 0 unspecified atom stereocenters. The molecule has 0 aliphatic carbocycles. The summed E-state index contributed by atoms with van der Waals surface area (Å²) in [7, 11) is 0. The fourth-order valence-electron chi connectivity index (χ4n) is 1.44. The average Bonchev–Trinajstić information content (AvgIpc) is 2.36. The van der Waals surface area contributed by atoms with Crippen molar-refractivity contribution in [2.45, 2.75) is 6.92 Å². The van der Waals surface area contributed by atoms with Crippen LogP contribution in [0.2, 0.25) is 10.0 Å². The van der Waals surface area contributed by atoms with Crippen LogP contribution in [0.4, 0.5) is 21.6 Å². The van der Waals surface area contributed by atoms with Gasteiger partial charge in [0.2, 0.25) is 0 Å². The summed E-state index contributed by atoms with van der Waals surface area (Å²) in [5.74, 6) is -0.0974. The molecule has 0 saturated heterocycles. The molecule has 0 saturated carbocycles. The molecule has 2 rings (SSSR count). The highest BCUT2D eigenvalue weighted by Gasteiger charge is 2.11. The van der Waals surface area contributed by atoms with E-state index in [1.165, 1.54) is 18.3 Å². The lowest BCUT2D eigenvalue weighted by atomic mass is 10.2. The first-order valence-electron chi connectivity index (χ1n) is 5.22. The molecule has 2 aromatic rings. The summed E-state index contributed by atoms with van der Waals surface area (Å²) >= 11 is 14.9. The van der Waals surface area contributed by atoms with Crippen molar-refractivity contribution in [1.29, 1.82) is 0 Å². The van der Waals surface area contributed by atoms with Crippen molar-refractivity contribution >= 4 is 56.3 Å². The zero-order valence-electron chi connectivity index (χ0n) is 9.77. The van der Waals surface area contributed by atoms with Crippen LogP contribution in [0.1, 0.15) is 5.56 Å². The van der Waals surface area contributed by atoms with E-state index in [0.717, 1.165) is 10.0 Å². The zero-order valence-corrected chi connectivity index (χ0v) is 12.9. The molecular formula is C12H9BrCl2FN3. The monoisotopic (exact) mass is 363 g/mol. The van der Waals surface area contributed by atoms with Crippen LogP contribution in [0.25, 0.3) is 0 Å². The average molecular weight is 365 g/mol. The smallest absolute Gasteiger partial charge is 0.160 e. The van der Waals surface area contributed by atoms with Gasteiger partial charge in [-0.2, -0.15) is 0 Å². The van der Waals surface area contributed by atoms with Gasteiger partial charge >= 0.3 is 0 Å². The number of aromatic nitrogens is 1. The summed E-state index contributed by atoms with van der Waals surface area (Å²) < 4.78 is 14.0. The number of rotatable bonds is 2. The Morgan fingerprint density at radius 2 is 1.89 bits per heavy atom. The SMILES string of the molecule is Cc1c(N)cnc(Nc2cc(Cl)c(F)c(Cl)c2)c1Br. The van der Waals surface area contributed by atoms with Crippen LogP contribution in [-0.2, 0) is 0 Å². The Bertz CT molecular complexity index is 626. The van der Waals surface area contributed by atoms with Crippen molar-refractivity contribution in [2.75, 3.05) is 11.1 Å². The van der Waals surface area contributed by atoms with Gasteiger partial charge in [-0.15, -0.1) is 0 Å². The van der Waals surface area contributed by atoms with Gasteiger partial charge in [0.25, 0.3) is 0 Å². The molecule has 1 aromatic heterocycles. The lowest BCUT2D eigenvalue weighted by molar-refractivity contribution is 0.629. The number of nitrogen functional groups attached to an aromatic ring is 1. The number of nitrogens with zero attached hydrogens (tertiary/aromatic N) is 1. The van der Waals surface area contributed by atoms with Crippen molar-refractivity contribution < 1.29 is 4.39 Å². The zero-order chi connectivity index (χ0) is 14.2. The Kier molecular flexibility index (Phi) is 4.18. The maximum atomic E-state index is 13.3. The first kappa shape index (κ1) is 14.4. The highest BCUT2D eigenvalue weighted by molar-refractivity contribution is 9.10. The van der Waals surface area contributed by atoms with Gasteiger partial charge < -0.3 is 11.1 Å². The quantitative estimate of drug-likeness (QED) is 0.743. The predicted molar refractivity (Wildman–Crippen MR) is 80.8 cm³/mol. The largest absolute Gasteiger partial charge is 0.397 e. The molecule has 0 aliphatic heterocycles. The third kappa shape index (κ3) is 2.94. The summed E-state index contributed by atoms with van der Waals surface area (Å²) in [5.41, 5.74) is 7.71. The number of hydrogen-bond donors (Lipinski definition) is 2. The van der Waals surface area contributed by atoms with Crippen LogP contribution in [0.3, 0.4) is 0 Å². The van der Waals surface area contributed by atoms with E-state index in [0.29, 0.717) is 17.2 Å². The van der Waals surface area contributed by atoms with E-state index in [1.807, 2.05) is 6.92 Å². The van der Waals surface area contributed by atoms with Gasteiger partial charge in [0.1, 0.15) is 5.82 Å². The number of pyridine rings is 1. The second-order valence-electron chi connectivity index (χ2n) is 3.88. The summed E-state index contributed by atoms with van der Waals surface area (Å²) in [6.45, 7) is 1.86.